The molecule has 0 N–H and O–H groups in total. The van der Waals surface area contributed by atoms with E-state index >= 15 is 0 Å². The minimum atomic E-state index is -0.353. The maximum absolute atomic E-state index is 5.51. The third-order valence-corrected chi connectivity index (χ3v) is 23.0. The first kappa shape index (κ1) is 64.9. The Hall–Kier alpha value is -13.7. The van der Waals surface area contributed by atoms with Crippen LogP contribution in [0.1, 0.15) is 49.9 Å². The Bertz CT molecular complexity index is 6220. The summed E-state index contributed by atoms with van der Waals surface area (Å²) in [6.45, 7) is 9.56. The minimum Gasteiger partial charge on any atom is -0.278 e. The molecule has 2 aromatic heterocycles. The number of benzene rings is 16. The summed E-state index contributed by atoms with van der Waals surface area (Å²) in [7, 11) is 0. The molecule has 0 atom stereocenters. The predicted octanol–water partition coefficient (Wildman–Crippen LogP) is 27.6. The highest BCUT2D eigenvalue weighted by atomic mass is 15.2. The van der Waals surface area contributed by atoms with E-state index in [1.807, 2.05) is 12.1 Å². The van der Waals surface area contributed by atoms with E-state index in [0.717, 1.165) is 55.2 Å². The summed E-state index contributed by atoms with van der Waals surface area (Å²) in [6, 6.07) is 138. The topological polar surface area (TPSA) is 43.6 Å². The first-order valence-corrected chi connectivity index (χ1v) is 37.8. The van der Waals surface area contributed by atoms with E-state index < -0.39 is 0 Å². The summed E-state index contributed by atoms with van der Waals surface area (Å²) in [5.74, 6) is 1.81. The van der Waals surface area contributed by atoms with Gasteiger partial charge in [0, 0.05) is 32.7 Å². The van der Waals surface area contributed by atoms with Crippen LogP contribution < -0.4 is 0 Å². The fourth-order valence-electron chi connectivity index (χ4n) is 17.3. The smallest absolute Gasteiger partial charge is 0.238 e. The Morgan fingerprint density at radius 1 is 0.183 bits per heavy atom. The number of rotatable bonds is 13. The summed E-state index contributed by atoms with van der Waals surface area (Å²) in [4.78, 5) is 16.2. The van der Waals surface area contributed by atoms with Gasteiger partial charge in [0.2, 0.25) is 5.95 Å². The molecule has 16 aromatic carbocycles. The molecule has 0 spiro atoms. The van der Waals surface area contributed by atoms with Crippen molar-refractivity contribution in [1.29, 1.82) is 0 Å². The highest BCUT2D eigenvalue weighted by Crippen LogP contribution is 2.56. The molecule has 0 fully saturated rings. The van der Waals surface area contributed by atoms with Gasteiger partial charge in [-0.1, -0.05) is 307 Å². The molecule has 0 saturated carbocycles. The summed E-state index contributed by atoms with van der Waals surface area (Å²) in [6.07, 6.45) is 0. The second-order valence-electron chi connectivity index (χ2n) is 30.3. The van der Waals surface area contributed by atoms with Crippen LogP contribution in [0.3, 0.4) is 0 Å². The van der Waals surface area contributed by atoms with Gasteiger partial charge in [-0.2, -0.15) is 9.97 Å². The fourth-order valence-corrected chi connectivity index (χ4v) is 17.3. The van der Waals surface area contributed by atoms with Crippen molar-refractivity contribution >= 4 is 21.8 Å². The molecule has 0 aliphatic heterocycles. The zero-order valence-corrected chi connectivity index (χ0v) is 61.1. The molecule has 2 aliphatic rings. The maximum atomic E-state index is 5.51. The summed E-state index contributed by atoms with van der Waals surface area (Å²) in [5.41, 5.74) is 36.9. The van der Waals surface area contributed by atoms with Crippen LogP contribution >= 0.6 is 0 Å². The van der Waals surface area contributed by atoms with Crippen molar-refractivity contribution in [3.63, 3.8) is 0 Å². The fraction of sp³-hybridized carbons (Fsp3) is 0.0571. The van der Waals surface area contributed by atoms with Crippen molar-refractivity contribution < 1.29 is 0 Å². The lowest BCUT2D eigenvalue weighted by Crippen LogP contribution is -2.15. The van der Waals surface area contributed by atoms with Crippen LogP contribution in [0.4, 0.5) is 0 Å². The largest absolute Gasteiger partial charge is 0.278 e. The number of aromatic nitrogens is 4. The Labute approximate surface area is 636 Å². The molecule has 18 aromatic rings. The second kappa shape index (κ2) is 26.1. The minimum absolute atomic E-state index is 0.353. The van der Waals surface area contributed by atoms with E-state index in [0.29, 0.717) is 17.6 Å². The molecule has 109 heavy (non-hydrogen) atoms. The Morgan fingerprint density at radius 3 is 0.725 bits per heavy atom. The van der Waals surface area contributed by atoms with Crippen LogP contribution in [-0.4, -0.2) is 19.5 Å². The molecule has 0 saturated heterocycles. The van der Waals surface area contributed by atoms with Gasteiger partial charge in [0.05, 0.1) is 11.0 Å². The molecule has 2 heterocycles. The molecule has 2 aliphatic carbocycles. The van der Waals surface area contributed by atoms with Gasteiger partial charge >= 0.3 is 0 Å². The first-order chi connectivity index (χ1) is 53.5. The average molecular weight is 1390 g/mol. The van der Waals surface area contributed by atoms with Crippen molar-refractivity contribution in [3.8, 4) is 162 Å². The Kier molecular flexibility index (Phi) is 15.6. The van der Waals surface area contributed by atoms with Crippen LogP contribution in [0.15, 0.2) is 376 Å². The van der Waals surface area contributed by atoms with Crippen molar-refractivity contribution in [3.05, 3.63) is 398 Å². The number of hydrogen-bond acceptors (Lipinski definition) is 3. The maximum Gasteiger partial charge on any atom is 0.238 e. The van der Waals surface area contributed by atoms with Crippen LogP contribution in [0.25, 0.3) is 184 Å². The van der Waals surface area contributed by atoms with E-state index in [-0.39, 0.29) is 10.8 Å². The van der Waals surface area contributed by atoms with Crippen molar-refractivity contribution in [2.75, 3.05) is 0 Å². The lowest BCUT2D eigenvalue weighted by molar-refractivity contribution is 0.660. The summed E-state index contributed by atoms with van der Waals surface area (Å²) < 4.78 is 2.34. The zero-order valence-electron chi connectivity index (χ0n) is 61.1. The summed E-state index contributed by atoms with van der Waals surface area (Å²) >= 11 is 0. The number of fused-ring (bicyclic) bond motifs is 9. The van der Waals surface area contributed by atoms with Crippen LogP contribution in [0.5, 0.6) is 0 Å². The molecule has 0 amide bonds. The Morgan fingerprint density at radius 2 is 0.413 bits per heavy atom. The lowest BCUT2D eigenvalue weighted by Gasteiger charge is -2.22. The van der Waals surface area contributed by atoms with E-state index in [2.05, 4.69) is 396 Å². The molecule has 20 rings (SSSR count). The van der Waals surface area contributed by atoms with Gasteiger partial charge in [0.25, 0.3) is 0 Å². The van der Waals surface area contributed by atoms with Crippen molar-refractivity contribution in [2.45, 2.75) is 38.5 Å². The molecule has 4 nitrogen and oxygen atoms in total. The molecule has 0 radical (unpaired) electrons. The van der Waals surface area contributed by atoms with Gasteiger partial charge in [-0.3, -0.25) is 4.57 Å². The van der Waals surface area contributed by atoms with E-state index in [4.69, 9.17) is 15.0 Å². The van der Waals surface area contributed by atoms with Crippen molar-refractivity contribution in [2.24, 2.45) is 0 Å². The van der Waals surface area contributed by atoms with Gasteiger partial charge in [-0.05, 0) is 253 Å². The second-order valence-corrected chi connectivity index (χ2v) is 30.3. The van der Waals surface area contributed by atoms with Gasteiger partial charge in [0.15, 0.2) is 11.6 Å². The first-order valence-electron chi connectivity index (χ1n) is 37.8. The number of nitrogens with zero attached hydrogens (tertiary/aromatic N) is 4. The zero-order chi connectivity index (χ0) is 72.9. The molecular formula is C105H74N4. The lowest BCUT2D eigenvalue weighted by atomic mass is 9.81. The monoisotopic (exact) mass is 1390 g/mol. The standard InChI is InChI=1S/C105H74N4/c1-104(2)95-49-47-81(75-41-25-45-79(53-75)87-57-83(69-31-15-7-16-32-69)55-85(59-87)77-43-23-39-73(51-77)67-27-11-5-12-28-67)61-89(95)91-63-93-94-64-92-90-62-82(76-42-26-46-80(54-76)88-58-84(70-33-17-8-18-34-70)56-86(60-88)78-44-24-40-74(52-78)68-29-13-6-14-30-68)48-50-96(90)105(3,4)98(92)66-100(94)109(99(93)65-97(91)104)103-107-101(71-35-19-9-20-36-71)106-102(108-103)72-37-21-10-22-38-72/h5-66H,1-4H3. The van der Waals surface area contributed by atoms with Gasteiger partial charge in [0.1, 0.15) is 0 Å². The normalized spacial score (nSPS) is 12.9. The van der Waals surface area contributed by atoms with E-state index in [1.165, 1.54) is 134 Å². The SMILES string of the molecule is CC1(C)c2ccc(-c3cccc(-c4cc(-c5ccccc5)cc(-c5cccc(-c6ccccc6)c5)c4)c3)cc2-c2cc3c4cc5c(cc4n(-c4nc(-c6ccccc6)nc(-c6ccccc6)n4)c3cc21)C(C)(C)c1ccc(-c2cccc(-c3cc(-c4ccccc4)cc(-c4cccc(-c6ccccc6)c4)c3)c2)cc1-5. The third-order valence-electron chi connectivity index (χ3n) is 23.0. The van der Waals surface area contributed by atoms with E-state index in [1.54, 1.807) is 0 Å². The Balaban J connectivity index is 0.732. The quantitative estimate of drug-likeness (QED) is 0.116. The van der Waals surface area contributed by atoms with Gasteiger partial charge in [-0.25, -0.2) is 4.98 Å². The highest BCUT2D eigenvalue weighted by molar-refractivity contribution is 6.14. The highest BCUT2D eigenvalue weighted by Gasteiger charge is 2.40. The number of hydrogen-bond donors (Lipinski definition) is 0. The van der Waals surface area contributed by atoms with Gasteiger partial charge < -0.3 is 0 Å². The van der Waals surface area contributed by atoms with Crippen LogP contribution in [-0.2, 0) is 10.8 Å². The third kappa shape index (κ3) is 11.5. The van der Waals surface area contributed by atoms with Crippen molar-refractivity contribution in [1.82, 2.24) is 19.5 Å². The molecule has 4 heteroatoms. The molecule has 0 unspecified atom stereocenters. The molecular weight excluding hydrogens is 1320 g/mol. The van der Waals surface area contributed by atoms with E-state index in [9.17, 15) is 0 Å². The van der Waals surface area contributed by atoms with Crippen LogP contribution in [0, 0.1) is 0 Å². The van der Waals surface area contributed by atoms with Gasteiger partial charge in [-0.15, -0.1) is 0 Å². The molecule has 0 bridgehead atoms. The average Bonchev–Trinajstić information content (AvgIpc) is 1.53. The molecule has 514 valence electrons. The predicted molar refractivity (Wildman–Crippen MR) is 455 cm³/mol. The summed E-state index contributed by atoms with van der Waals surface area (Å²) in [5, 5.41) is 2.27. The van der Waals surface area contributed by atoms with Crippen LogP contribution in [0.2, 0.25) is 0 Å².